The summed E-state index contributed by atoms with van der Waals surface area (Å²) in [6.07, 6.45) is 0. The fourth-order valence-corrected chi connectivity index (χ4v) is 3.01. The Morgan fingerprint density at radius 3 is 2.68 bits per heavy atom. The normalized spacial score (nSPS) is 19.7. The topological polar surface area (TPSA) is 65.2 Å². The van der Waals surface area contributed by atoms with Crippen LogP contribution < -0.4 is 21.5 Å². The maximum atomic E-state index is 13.5. The third-order valence-electron chi connectivity index (χ3n) is 4.38. The van der Waals surface area contributed by atoms with Gasteiger partial charge in [-0.15, -0.1) is 0 Å². The van der Waals surface area contributed by atoms with Crippen molar-refractivity contribution in [2.24, 2.45) is 5.92 Å². The number of hydrogen-bond donors (Lipinski definition) is 4. The van der Waals surface area contributed by atoms with E-state index in [-0.39, 0.29) is 30.9 Å². The van der Waals surface area contributed by atoms with E-state index in [1.807, 2.05) is 18.2 Å². The van der Waals surface area contributed by atoms with Gasteiger partial charge >= 0.3 is 0 Å². The number of benzene rings is 2. The molecule has 0 aromatic heterocycles. The zero-order valence-electron chi connectivity index (χ0n) is 14.0. The summed E-state index contributed by atoms with van der Waals surface area (Å²) >= 11 is 0. The Labute approximate surface area is 147 Å². The van der Waals surface area contributed by atoms with Crippen LogP contribution in [-0.2, 0) is 11.3 Å². The van der Waals surface area contributed by atoms with E-state index < -0.39 is 0 Å². The molecule has 0 aliphatic carbocycles. The lowest BCUT2D eigenvalue weighted by atomic mass is 9.95. The lowest BCUT2D eigenvalue weighted by molar-refractivity contribution is -0.120. The number of rotatable bonds is 7. The van der Waals surface area contributed by atoms with Crippen LogP contribution in [0.5, 0.6) is 0 Å². The predicted molar refractivity (Wildman–Crippen MR) is 94.9 cm³/mol. The summed E-state index contributed by atoms with van der Waals surface area (Å²) in [5, 5.41) is 5.93. The maximum absolute atomic E-state index is 13.5. The number of amides is 1. The Kier molecular flexibility index (Phi) is 6.11. The van der Waals surface area contributed by atoms with Crippen LogP contribution in [0, 0.1) is 11.7 Å². The summed E-state index contributed by atoms with van der Waals surface area (Å²) in [7, 11) is 0. The van der Waals surface area contributed by atoms with E-state index in [9.17, 15) is 9.18 Å². The highest BCUT2D eigenvalue weighted by Crippen LogP contribution is 2.23. The van der Waals surface area contributed by atoms with Crippen LogP contribution in [-0.4, -0.2) is 25.5 Å². The van der Waals surface area contributed by atoms with Crippen molar-refractivity contribution >= 4 is 5.91 Å². The molecule has 3 rings (SSSR count). The van der Waals surface area contributed by atoms with Gasteiger partial charge in [0.25, 0.3) is 0 Å². The average molecular weight is 342 g/mol. The van der Waals surface area contributed by atoms with Gasteiger partial charge < -0.3 is 10.6 Å². The quantitative estimate of drug-likeness (QED) is 0.616. The van der Waals surface area contributed by atoms with Crippen molar-refractivity contribution in [1.29, 1.82) is 0 Å². The van der Waals surface area contributed by atoms with Crippen molar-refractivity contribution in [2.75, 3.05) is 19.6 Å². The first-order chi connectivity index (χ1) is 12.2. The molecule has 6 heteroatoms. The highest BCUT2D eigenvalue weighted by molar-refractivity contribution is 5.77. The van der Waals surface area contributed by atoms with Crippen molar-refractivity contribution in [3.63, 3.8) is 0 Å². The molecule has 2 aromatic rings. The van der Waals surface area contributed by atoms with Crippen LogP contribution in [0.4, 0.5) is 4.39 Å². The van der Waals surface area contributed by atoms with Gasteiger partial charge in [0.05, 0.1) is 12.6 Å². The zero-order valence-corrected chi connectivity index (χ0v) is 14.0. The molecule has 2 unspecified atom stereocenters. The molecule has 2 atom stereocenters. The first-order valence-electron chi connectivity index (χ1n) is 8.48. The second kappa shape index (κ2) is 8.71. The minimum Gasteiger partial charge on any atom is -0.351 e. The van der Waals surface area contributed by atoms with E-state index in [0.29, 0.717) is 18.0 Å². The van der Waals surface area contributed by atoms with Crippen LogP contribution in [0.2, 0.25) is 0 Å². The molecule has 5 nitrogen and oxygen atoms in total. The first-order valence-corrected chi connectivity index (χ1v) is 8.48. The third kappa shape index (κ3) is 4.85. The van der Waals surface area contributed by atoms with Crippen LogP contribution >= 0.6 is 0 Å². The molecular weight excluding hydrogens is 319 g/mol. The van der Waals surface area contributed by atoms with Crippen molar-refractivity contribution < 1.29 is 9.18 Å². The largest absolute Gasteiger partial charge is 0.351 e. The second-order valence-electron chi connectivity index (χ2n) is 6.17. The third-order valence-corrected chi connectivity index (χ3v) is 4.38. The van der Waals surface area contributed by atoms with E-state index in [1.165, 1.54) is 11.6 Å². The van der Waals surface area contributed by atoms with Crippen LogP contribution in [0.15, 0.2) is 54.6 Å². The molecule has 0 radical (unpaired) electrons. The van der Waals surface area contributed by atoms with E-state index in [2.05, 4.69) is 33.6 Å². The van der Waals surface area contributed by atoms with Crippen molar-refractivity contribution in [1.82, 2.24) is 21.5 Å². The maximum Gasteiger partial charge on any atom is 0.234 e. The number of hydrazine groups is 1. The highest BCUT2D eigenvalue weighted by atomic mass is 19.1. The fourth-order valence-electron chi connectivity index (χ4n) is 3.01. The molecule has 0 bridgehead atoms. The van der Waals surface area contributed by atoms with Crippen LogP contribution in [0.25, 0.3) is 0 Å². The summed E-state index contributed by atoms with van der Waals surface area (Å²) < 4.78 is 13.5. The fraction of sp³-hybridized carbons (Fsp3) is 0.316. The van der Waals surface area contributed by atoms with E-state index >= 15 is 0 Å². The SMILES string of the molecule is O=C(CNCC1CNNC1c1ccccc1)NCc1ccccc1F. The monoisotopic (exact) mass is 342 g/mol. The molecule has 25 heavy (non-hydrogen) atoms. The molecule has 1 fully saturated rings. The highest BCUT2D eigenvalue weighted by Gasteiger charge is 2.27. The zero-order chi connectivity index (χ0) is 17.5. The molecule has 1 aliphatic rings. The Balaban J connectivity index is 1.41. The second-order valence-corrected chi connectivity index (χ2v) is 6.17. The molecule has 132 valence electrons. The molecule has 0 spiro atoms. The Morgan fingerprint density at radius 1 is 1.12 bits per heavy atom. The van der Waals surface area contributed by atoms with Crippen LogP contribution in [0.3, 0.4) is 0 Å². The smallest absolute Gasteiger partial charge is 0.234 e. The van der Waals surface area contributed by atoms with Gasteiger partial charge in [-0.05, 0) is 11.6 Å². The summed E-state index contributed by atoms with van der Waals surface area (Å²) in [5.41, 5.74) is 8.18. The summed E-state index contributed by atoms with van der Waals surface area (Å²) in [6, 6.07) is 16.9. The van der Waals surface area contributed by atoms with Gasteiger partial charge in [-0.25, -0.2) is 9.82 Å². The van der Waals surface area contributed by atoms with Crippen molar-refractivity contribution in [3.05, 3.63) is 71.5 Å². The molecule has 1 aliphatic heterocycles. The minimum absolute atomic E-state index is 0.140. The molecule has 1 saturated heterocycles. The molecule has 1 amide bonds. The Morgan fingerprint density at radius 2 is 1.88 bits per heavy atom. The molecule has 2 aromatic carbocycles. The van der Waals surface area contributed by atoms with Crippen molar-refractivity contribution in [2.45, 2.75) is 12.6 Å². The first kappa shape index (κ1) is 17.5. The lowest BCUT2D eigenvalue weighted by Gasteiger charge is -2.19. The van der Waals surface area contributed by atoms with Gasteiger partial charge in [0.15, 0.2) is 0 Å². The average Bonchev–Trinajstić information content (AvgIpc) is 3.10. The van der Waals surface area contributed by atoms with Gasteiger partial charge in [0.1, 0.15) is 5.82 Å². The number of halogens is 1. The van der Waals surface area contributed by atoms with Gasteiger partial charge in [0.2, 0.25) is 5.91 Å². The van der Waals surface area contributed by atoms with Gasteiger partial charge in [-0.3, -0.25) is 10.2 Å². The van der Waals surface area contributed by atoms with Crippen molar-refractivity contribution in [3.8, 4) is 0 Å². The summed E-state index contributed by atoms with van der Waals surface area (Å²) in [5.74, 6) is -0.0928. The minimum atomic E-state index is -0.301. The Bertz CT molecular complexity index is 695. The summed E-state index contributed by atoms with van der Waals surface area (Å²) in [6.45, 7) is 1.97. The predicted octanol–water partition coefficient (Wildman–Crippen LogP) is 1.50. The Hall–Kier alpha value is -2.28. The number of hydrogen-bond acceptors (Lipinski definition) is 4. The van der Waals surface area contributed by atoms with Crippen LogP contribution in [0.1, 0.15) is 17.2 Å². The van der Waals surface area contributed by atoms with Gasteiger partial charge in [-0.1, -0.05) is 48.5 Å². The van der Waals surface area contributed by atoms with Gasteiger partial charge in [-0.2, -0.15) is 0 Å². The molecule has 0 saturated carbocycles. The number of carbonyl (C=O) groups is 1. The summed E-state index contributed by atoms with van der Waals surface area (Å²) in [4.78, 5) is 11.9. The van der Waals surface area contributed by atoms with E-state index in [4.69, 9.17) is 0 Å². The molecule has 1 heterocycles. The lowest BCUT2D eigenvalue weighted by Crippen LogP contribution is -2.37. The van der Waals surface area contributed by atoms with E-state index in [0.717, 1.165) is 6.54 Å². The van der Waals surface area contributed by atoms with Gasteiger partial charge in [0, 0.05) is 31.1 Å². The number of nitrogens with one attached hydrogen (secondary N) is 4. The molecule has 4 N–H and O–H groups in total. The van der Waals surface area contributed by atoms with E-state index in [1.54, 1.807) is 18.2 Å². The number of carbonyl (C=O) groups excluding carboxylic acids is 1. The molecular formula is C19H23FN4O. The standard InChI is InChI=1S/C19H23FN4O/c20-17-9-5-4-8-15(17)11-22-18(25)13-21-10-16-12-23-24-19(16)14-6-2-1-3-7-14/h1-9,16,19,21,23-24H,10-13H2,(H,22,25).